The highest BCUT2D eigenvalue weighted by Crippen LogP contribution is 2.40. The Morgan fingerprint density at radius 1 is 1.19 bits per heavy atom. The number of carbonyl (C=O) groups is 1. The van der Waals surface area contributed by atoms with Crippen molar-refractivity contribution in [1.29, 1.82) is 5.26 Å². The van der Waals surface area contributed by atoms with Crippen LogP contribution in [0.2, 0.25) is 0 Å². The number of hydrogen-bond acceptors (Lipinski definition) is 5. The maximum Gasteiger partial charge on any atom is 0.274 e. The molecule has 1 aromatic heterocycles. The summed E-state index contributed by atoms with van der Waals surface area (Å²) in [5, 5.41) is 18.8. The summed E-state index contributed by atoms with van der Waals surface area (Å²) in [6, 6.07) is 14.3. The van der Waals surface area contributed by atoms with Crippen molar-refractivity contribution >= 4 is 5.91 Å². The molecule has 7 nitrogen and oxygen atoms in total. The predicted octanol–water partition coefficient (Wildman–Crippen LogP) is 3.92. The molecule has 1 saturated carbocycles. The van der Waals surface area contributed by atoms with Crippen LogP contribution in [0.1, 0.15) is 65.3 Å². The second-order valence-corrected chi connectivity index (χ2v) is 9.72. The van der Waals surface area contributed by atoms with Gasteiger partial charge in [0.1, 0.15) is 17.7 Å². The topological polar surface area (TPSA) is 108 Å². The van der Waals surface area contributed by atoms with Gasteiger partial charge in [-0.15, -0.1) is 0 Å². The molecule has 0 bridgehead atoms. The number of nitrogens with two attached hydrogens (primary N) is 1. The lowest BCUT2D eigenvalue weighted by atomic mass is 10.1. The first kappa shape index (κ1) is 24.2. The lowest BCUT2D eigenvalue weighted by molar-refractivity contribution is 0.0702. The number of benzene rings is 2. The van der Waals surface area contributed by atoms with Crippen LogP contribution in [0.4, 0.5) is 4.39 Å². The molecule has 3 aromatic rings. The number of imidazole rings is 1. The van der Waals surface area contributed by atoms with E-state index in [0.717, 1.165) is 18.5 Å². The van der Waals surface area contributed by atoms with E-state index in [1.165, 1.54) is 30.5 Å². The standard InChI is InChI=1S/C28H30FN5O2/c29-24-15-20(7-8-21(24)16-30)27-32-26(28(36)33-13-1-3-22(31)17-33)25(4-2-14-35)34(27)23-11-9-19(10-12-23)18-5-6-18/h7-12,15,18,22,35H,1-6,13-14,17,31H2/t22-/m0/s1. The number of carbonyl (C=O) groups excluding carboxylic acids is 1. The number of rotatable bonds is 7. The molecule has 2 heterocycles. The first-order chi connectivity index (χ1) is 17.5. The molecule has 2 aromatic carbocycles. The zero-order chi connectivity index (χ0) is 25.2. The highest BCUT2D eigenvalue weighted by atomic mass is 19.1. The van der Waals surface area contributed by atoms with Crippen LogP contribution in [0.5, 0.6) is 0 Å². The van der Waals surface area contributed by atoms with Gasteiger partial charge in [0.2, 0.25) is 0 Å². The van der Waals surface area contributed by atoms with Crippen molar-refractivity contribution < 1.29 is 14.3 Å². The summed E-state index contributed by atoms with van der Waals surface area (Å²) in [6.45, 7) is 1.03. The summed E-state index contributed by atoms with van der Waals surface area (Å²) < 4.78 is 16.5. The van der Waals surface area contributed by atoms with E-state index in [9.17, 15) is 19.6 Å². The molecule has 1 aliphatic carbocycles. The molecule has 2 fully saturated rings. The fourth-order valence-electron chi connectivity index (χ4n) is 4.98. The van der Waals surface area contributed by atoms with Gasteiger partial charge in [-0.1, -0.05) is 12.1 Å². The fourth-order valence-corrected chi connectivity index (χ4v) is 4.98. The molecular weight excluding hydrogens is 457 g/mol. The van der Waals surface area contributed by atoms with Crippen LogP contribution >= 0.6 is 0 Å². The number of halogens is 1. The van der Waals surface area contributed by atoms with Gasteiger partial charge in [-0.3, -0.25) is 9.36 Å². The van der Waals surface area contributed by atoms with Crippen LogP contribution in [-0.2, 0) is 6.42 Å². The number of nitriles is 1. The minimum atomic E-state index is -0.638. The maximum atomic E-state index is 14.6. The van der Waals surface area contributed by atoms with E-state index in [0.29, 0.717) is 54.6 Å². The number of amides is 1. The predicted molar refractivity (Wildman–Crippen MR) is 134 cm³/mol. The van der Waals surface area contributed by atoms with Crippen molar-refractivity contribution in [2.45, 2.75) is 50.5 Å². The van der Waals surface area contributed by atoms with Crippen molar-refractivity contribution in [1.82, 2.24) is 14.5 Å². The average Bonchev–Trinajstić information content (AvgIpc) is 3.67. The third kappa shape index (κ3) is 4.77. The zero-order valence-electron chi connectivity index (χ0n) is 20.2. The summed E-state index contributed by atoms with van der Waals surface area (Å²) in [5.74, 6) is 0.181. The van der Waals surface area contributed by atoms with E-state index in [1.807, 2.05) is 22.8 Å². The molecule has 5 rings (SSSR count). The summed E-state index contributed by atoms with van der Waals surface area (Å²) in [5.41, 5.74) is 9.62. The second-order valence-electron chi connectivity index (χ2n) is 9.72. The lowest BCUT2D eigenvalue weighted by Gasteiger charge is -2.30. The Labute approximate surface area is 210 Å². The normalized spacial score (nSPS) is 17.7. The Morgan fingerprint density at radius 3 is 2.61 bits per heavy atom. The molecule has 0 spiro atoms. The number of nitrogens with zero attached hydrogens (tertiary/aromatic N) is 4. The quantitative estimate of drug-likeness (QED) is 0.525. The van der Waals surface area contributed by atoms with Gasteiger partial charge in [-0.05, 0) is 80.3 Å². The minimum absolute atomic E-state index is 0.0329. The Balaban J connectivity index is 1.66. The van der Waals surface area contributed by atoms with E-state index >= 15 is 0 Å². The largest absolute Gasteiger partial charge is 0.396 e. The van der Waals surface area contributed by atoms with Crippen LogP contribution in [0.15, 0.2) is 42.5 Å². The summed E-state index contributed by atoms with van der Waals surface area (Å²) in [6.07, 6.45) is 4.96. The van der Waals surface area contributed by atoms with E-state index < -0.39 is 5.82 Å². The van der Waals surface area contributed by atoms with Crippen molar-refractivity contribution in [3.63, 3.8) is 0 Å². The zero-order valence-corrected chi connectivity index (χ0v) is 20.2. The number of aliphatic hydroxyl groups excluding tert-OH is 1. The van der Waals surface area contributed by atoms with Gasteiger partial charge in [0.05, 0.1) is 11.3 Å². The van der Waals surface area contributed by atoms with Crippen LogP contribution in [-0.4, -0.2) is 51.2 Å². The number of likely N-dealkylation sites (tertiary alicyclic amines) is 1. The van der Waals surface area contributed by atoms with E-state index in [1.54, 1.807) is 11.0 Å². The molecule has 8 heteroatoms. The number of piperidine rings is 1. The van der Waals surface area contributed by atoms with E-state index in [2.05, 4.69) is 12.1 Å². The van der Waals surface area contributed by atoms with Crippen LogP contribution in [0, 0.1) is 17.1 Å². The van der Waals surface area contributed by atoms with Gasteiger partial charge in [0.15, 0.2) is 5.69 Å². The first-order valence-electron chi connectivity index (χ1n) is 12.6. The second kappa shape index (κ2) is 10.2. The molecule has 3 N–H and O–H groups in total. The smallest absolute Gasteiger partial charge is 0.274 e. The van der Waals surface area contributed by atoms with Crippen LogP contribution in [0.3, 0.4) is 0 Å². The molecule has 36 heavy (non-hydrogen) atoms. The van der Waals surface area contributed by atoms with E-state index in [4.69, 9.17) is 10.7 Å². The average molecular weight is 488 g/mol. The highest BCUT2D eigenvalue weighted by Gasteiger charge is 2.30. The van der Waals surface area contributed by atoms with E-state index in [-0.39, 0.29) is 24.1 Å². The van der Waals surface area contributed by atoms with Crippen molar-refractivity contribution in [3.8, 4) is 23.1 Å². The third-order valence-electron chi connectivity index (χ3n) is 7.04. The maximum absolute atomic E-state index is 14.6. The van der Waals surface area contributed by atoms with Crippen molar-refractivity contribution in [3.05, 3.63) is 70.8 Å². The Kier molecular flexibility index (Phi) is 6.86. The molecular formula is C28H30FN5O2. The molecule has 0 radical (unpaired) electrons. The minimum Gasteiger partial charge on any atom is -0.396 e. The molecule has 1 aliphatic heterocycles. The molecule has 1 amide bonds. The summed E-state index contributed by atoms with van der Waals surface area (Å²) in [4.78, 5) is 20.2. The summed E-state index contributed by atoms with van der Waals surface area (Å²) in [7, 11) is 0. The van der Waals surface area contributed by atoms with Crippen LogP contribution in [0.25, 0.3) is 17.1 Å². The van der Waals surface area contributed by atoms with Gasteiger partial charge in [-0.25, -0.2) is 9.37 Å². The van der Waals surface area contributed by atoms with Gasteiger partial charge >= 0.3 is 0 Å². The molecule has 1 atom stereocenters. The summed E-state index contributed by atoms with van der Waals surface area (Å²) >= 11 is 0. The number of aromatic nitrogens is 2. The number of hydrogen-bond donors (Lipinski definition) is 2. The Hall–Kier alpha value is -3.54. The SMILES string of the molecule is N#Cc1ccc(-c2nc(C(=O)N3CCC[C@H](N)C3)c(CCCO)n2-c2ccc(C3CC3)cc2)cc1F. The fraction of sp³-hybridized carbons (Fsp3) is 0.393. The Morgan fingerprint density at radius 2 is 1.97 bits per heavy atom. The first-order valence-corrected chi connectivity index (χ1v) is 12.6. The lowest BCUT2D eigenvalue weighted by Crippen LogP contribution is -2.46. The Bertz CT molecular complexity index is 1310. The highest BCUT2D eigenvalue weighted by molar-refractivity contribution is 5.95. The van der Waals surface area contributed by atoms with Crippen LogP contribution < -0.4 is 5.73 Å². The monoisotopic (exact) mass is 487 g/mol. The van der Waals surface area contributed by atoms with Crippen molar-refractivity contribution in [2.24, 2.45) is 5.73 Å². The molecule has 2 aliphatic rings. The van der Waals surface area contributed by atoms with Gasteiger partial charge in [-0.2, -0.15) is 5.26 Å². The van der Waals surface area contributed by atoms with Gasteiger partial charge in [0.25, 0.3) is 5.91 Å². The van der Waals surface area contributed by atoms with Crippen molar-refractivity contribution in [2.75, 3.05) is 19.7 Å². The molecule has 1 saturated heterocycles. The molecule has 186 valence electrons. The van der Waals surface area contributed by atoms with Gasteiger partial charge < -0.3 is 15.7 Å². The third-order valence-corrected chi connectivity index (χ3v) is 7.04. The van der Waals surface area contributed by atoms with Gasteiger partial charge in [0, 0.05) is 37.0 Å². The number of aliphatic hydroxyl groups is 1. The molecule has 0 unspecified atom stereocenters.